The Balaban J connectivity index is 2.20. The maximum Gasteiger partial charge on any atom is 0.322 e. The van der Waals surface area contributed by atoms with Gasteiger partial charge in [0.05, 0.1) is 4.92 Å². The van der Waals surface area contributed by atoms with Crippen LogP contribution in [0.4, 0.5) is 5.69 Å². The van der Waals surface area contributed by atoms with Crippen molar-refractivity contribution in [2.45, 2.75) is 39.0 Å². The summed E-state index contributed by atoms with van der Waals surface area (Å²) in [5, 5.41) is 17.3. The molecule has 1 aromatic rings. The minimum Gasteiger partial charge on any atom is -0.337 e. The standard InChI is InChI=1S/C12H18N4O3/c1-9-11(16(18)19)10(14-13-9)12(17)15-7-5-3-2-4-6-8-15/h2-8H2,1H3,(H,13,14). The van der Waals surface area contributed by atoms with Crippen LogP contribution in [0.1, 0.15) is 48.3 Å². The number of carbonyl (C=O) groups is 1. The number of amides is 1. The molecule has 104 valence electrons. The van der Waals surface area contributed by atoms with Crippen LogP contribution in [0.5, 0.6) is 0 Å². The third kappa shape index (κ3) is 2.91. The van der Waals surface area contributed by atoms with Gasteiger partial charge in [-0.3, -0.25) is 20.0 Å². The van der Waals surface area contributed by atoms with Gasteiger partial charge >= 0.3 is 5.69 Å². The van der Waals surface area contributed by atoms with Gasteiger partial charge in [0.25, 0.3) is 5.91 Å². The van der Waals surface area contributed by atoms with Crippen molar-refractivity contribution in [3.63, 3.8) is 0 Å². The SMILES string of the molecule is Cc1[nH]nc(C(=O)N2CCCCCCC2)c1[N+](=O)[O-]. The van der Waals surface area contributed by atoms with Crippen LogP contribution in [0.25, 0.3) is 0 Å². The predicted molar refractivity (Wildman–Crippen MR) is 69.0 cm³/mol. The first-order valence-electron chi connectivity index (χ1n) is 6.60. The smallest absolute Gasteiger partial charge is 0.322 e. The summed E-state index contributed by atoms with van der Waals surface area (Å²) in [5.74, 6) is -0.335. The first-order valence-corrected chi connectivity index (χ1v) is 6.60. The number of nitro groups is 1. The van der Waals surface area contributed by atoms with E-state index in [0.29, 0.717) is 18.8 Å². The highest BCUT2D eigenvalue weighted by Gasteiger charge is 2.30. The van der Waals surface area contributed by atoms with Crippen LogP contribution >= 0.6 is 0 Å². The molecule has 0 spiro atoms. The van der Waals surface area contributed by atoms with Gasteiger partial charge in [0.15, 0.2) is 0 Å². The minimum absolute atomic E-state index is 0.0666. The van der Waals surface area contributed by atoms with E-state index < -0.39 is 4.92 Å². The molecule has 1 fully saturated rings. The van der Waals surface area contributed by atoms with Crippen molar-refractivity contribution in [1.29, 1.82) is 0 Å². The second-order valence-electron chi connectivity index (χ2n) is 4.86. The molecule has 2 heterocycles. The number of hydrogen-bond acceptors (Lipinski definition) is 4. The molecule has 1 amide bonds. The Morgan fingerprint density at radius 3 is 2.42 bits per heavy atom. The highest BCUT2D eigenvalue weighted by molar-refractivity contribution is 5.96. The zero-order valence-electron chi connectivity index (χ0n) is 11.0. The van der Waals surface area contributed by atoms with Gasteiger partial charge < -0.3 is 4.90 Å². The van der Waals surface area contributed by atoms with Crippen molar-refractivity contribution in [3.8, 4) is 0 Å². The summed E-state index contributed by atoms with van der Waals surface area (Å²) in [6.07, 6.45) is 5.30. The second-order valence-corrected chi connectivity index (χ2v) is 4.86. The fourth-order valence-electron chi connectivity index (χ4n) is 2.40. The van der Waals surface area contributed by atoms with Crippen LogP contribution in [0.2, 0.25) is 0 Å². The van der Waals surface area contributed by atoms with Gasteiger partial charge in [0.1, 0.15) is 5.69 Å². The van der Waals surface area contributed by atoms with E-state index in [1.54, 1.807) is 11.8 Å². The lowest BCUT2D eigenvalue weighted by molar-refractivity contribution is -0.385. The molecule has 1 aliphatic rings. The van der Waals surface area contributed by atoms with Gasteiger partial charge in [0.2, 0.25) is 5.69 Å². The lowest BCUT2D eigenvalue weighted by Gasteiger charge is -2.23. The average Bonchev–Trinajstić information content (AvgIpc) is 2.70. The average molecular weight is 266 g/mol. The molecule has 0 unspecified atom stereocenters. The zero-order valence-corrected chi connectivity index (χ0v) is 11.0. The third-order valence-corrected chi connectivity index (χ3v) is 3.44. The lowest BCUT2D eigenvalue weighted by Crippen LogP contribution is -2.34. The van der Waals surface area contributed by atoms with Crippen LogP contribution in [0.3, 0.4) is 0 Å². The number of rotatable bonds is 2. The highest BCUT2D eigenvalue weighted by Crippen LogP contribution is 2.22. The van der Waals surface area contributed by atoms with Crippen LogP contribution in [0.15, 0.2) is 0 Å². The number of hydrogen-bond donors (Lipinski definition) is 1. The van der Waals surface area contributed by atoms with Crippen LogP contribution in [-0.2, 0) is 0 Å². The van der Waals surface area contributed by atoms with Gasteiger partial charge in [-0.05, 0) is 19.8 Å². The van der Waals surface area contributed by atoms with Crippen molar-refractivity contribution >= 4 is 11.6 Å². The summed E-state index contributed by atoms with van der Waals surface area (Å²) < 4.78 is 0. The number of aryl methyl sites for hydroxylation is 1. The topological polar surface area (TPSA) is 92.1 Å². The number of nitrogens with zero attached hydrogens (tertiary/aromatic N) is 3. The Kier molecular flexibility index (Phi) is 4.13. The molecule has 0 aliphatic carbocycles. The Morgan fingerprint density at radius 2 is 1.84 bits per heavy atom. The molecule has 19 heavy (non-hydrogen) atoms. The quantitative estimate of drug-likeness (QED) is 0.654. The third-order valence-electron chi connectivity index (χ3n) is 3.44. The van der Waals surface area contributed by atoms with E-state index in [0.717, 1.165) is 25.7 Å². The molecule has 7 nitrogen and oxygen atoms in total. The van der Waals surface area contributed by atoms with E-state index in [9.17, 15) is 14.9 Å². The normalized spacial score (nSPS) is 16.8. The maximum atomic E-state index is 12.3. The summed E-state index contributed by atoms with van der Waals surface area (Å²) in [6, 6.07) is 0. The van der Waals surface area contributed by atoms with E-state index in [2.05, 4.69) is 10.2 Å². The van der Waals surface area contributed by atoms with Crippen LogP contribution in [-0.4, -0.2) is 39.0 Å². The van der Waals surface area contributed by atoms with E-state index in [4.69, 9.17) is 0 Å². The minimum atomic E-state index is -0.546. The molecular weight excluding hydrogens is 248 g/mol. The van der Waals surface area contributed by atoms with Gasteiger partial charge in [0, 0.05) is 13.1 Å². The van der Waals surface area contributed by atoms with Crippen molar-refractivity contribution < 1.29 is 9.72 Å². The Hall–Kier alpha value is -1.92. The monoisotopic (exact) mass is 266 g/mol. The molecular formula is C12H18N4O3. The summed E-state index contributed by atoms with van der Waals surface area (Å²) >= 11 is 0. The van der Waals surface area contributed by atoms with Crippen molar-refractivity contribution in [1.82, 2.24) is 15.1 Å². The molecule has 1 aromatic heterocycles. The summed E-state index contributed by atoms with van der Waals surface area (Å²) in [7, 11) is 0. The molecule has 0 saturated carbocycles. The first kappa shape index (κ1) is 13.5. The lowest BCUT2D eigenvalue weighted by atomic mass is 10.1. The van der Waals surface area contributed by atoms with E-state index >= 15 is 0 Å². The fourth-order valence-corrected chi connectivity index (χ4v) is 2.40. The number of H-pyrrole nitrogens is 1. The molecule has 0 bridgehead atoms. The van der Waals surface area contributed by atoms with Gasteiger partial charge in [-0.25, -0.2) is 0 Å². The molecule has 1 N–H and O–H groups in total. The maximum absolute atomic E-state index is 12.3. The molecule has 1 aliphatic heterocycles. The highest BCUT2D eigenvalue weighted by atomic mass is 16.6. The van der Waals surface area contributed by atoms with Gasteiger partial charge in [-0.2, -0.15) is 5.10 Å². The number of nitrogens with one attached hydrogen (secondary N) is 1. The van der Waals surface area contributed by atoms with Crippen LogP contribution in [0, 0.1) is 17.0 Å². The summed E-state index contributed by atoms with van der Waals surface area (Å²) in [4.78, 5) is 24.5. The van der Waals surface area contributed by atoms with E-state index in [1.807, 2.05) is 0 Å². The van der Waals surface area contributed by atoms with Crippen molar-refractivity contribution in [3.05, 3.63) is 21.5 Å². The fraction of sp³-hybridized carbons (Fsp3) is 0.667. The summed E-state index contributed by atoms with van der Waals surface area (Å²) in [5.41, 5.74) is 0.0514. The molecule has 7 heteroatoms. The zero-order chi connectivity index (χ0) is 13.8. The number of likely N-dealkylation sites (tertiary alicyclic amines) is 1. The van der Waals surface area contributed by atoms with Crippen LogP contribution < -0.4 is 0 Å². The largest absolute Gasteiger partial charge is 0.337 e. The van der Waals surface area contributed by atoms with E-state index in [1.165, 1.54) is 6.42 Å². The number of aromatic amines is 1. The molecule has 1 saturated heterocycles. The Morgan fingerprint density at radius 1 is 1.26 bits per heavy atom. The first-order chi connectivity index (χ1) is 9.11. The summed E-state index contributed by atoms with van der Waals surface area (Å²) in [6.45, 7) is 2.86. The number of carbonyl (C=O) groups excluding carboxylic acids is 1. The molecule has 2 rings (SSSR count). The Labute approximate surface area is 111 Å². The van der Waals surface area contributed by atoms with Gasteiger partial charge in [-0.15, -0.1) is 0 Å². The molecule has 0 aromatic carbocycles. The Bertz CT molecular complexity index is 475. The second kappa shape index (κ2) is 5.81. The van der Waals surface area contributed by atoms with Gasteiger partial charge in [-0.1, -0.05) is 19.3 Å². The van der Waals surface area contributed by atoms with E-state index in [-0.39, 0.29) is 17.3 Å². The van der Waals surface area contributed by atoms with Crippen molar-refractivity contribution in [2.75, 3.05) is 13.1 Å². The molecule has 0 radical (unpaired) electrons. The molecule has 0 atom stereocenters. The van der Waals surface area contributed by atoms with Crippen molar-refractivity contribution in [2.24, 2.45) is 0 Å². The predicted octanol–water partition coefficient (Wildman–Crippen LogP) is 2.03. The number of aromatic nitrogens is 2.